The highest BCUT2D eigenvalue weighted by atomic mass is 15.0. The van der Waals surface area contributed by atoms with Gasteiger partial charge < -0.3 is 11.1 Å². The molecule has 0 fully saturated rings. The van der Waals surface area contributed by atoms with Crippen molar-refractivity contribution in [1.29, 1.82) is 0 Å². The number of benzene rings is 1. The van der Waals surface area contributed by atoms with Crippen LogP contribution in [0.4, 0.5) is 0 Å². The quantitative estimate of drug-likeness (QED) is 0.820. The molecular weight excluding hydrogens is 244 g/mol. The number of nitrogens with one attached hydrogen (secondary N) is 1. The first-order valence-corrected chi connectivity index (χ1v) is 7.66. The highest BCUT2D eigenvalue weighted by Crippen LogP contribution is 2.27. The molecule has 2 nitrogen and oxygen atoms in total. The lowest BCUT2D eigenvalue weighted by molar-refractivity contribution is 0.229. The number of rotatable bonds is 6. The van der Waals surface area contributed by atoms with Crippen molar-refractivity contribution in [2.45, 2.75) is 59.5 Å². The molecular formula is C18H32N2. The van der Waals surface area contributed by atoms with Crippen molar-refractivity contribution >= 4 is 0 Å². The maximum atomic E-state index is 6.36. The standard InChI is InChI=1S/C18H32N2/c1-14(16(19)15-10-8-7-9-11-15)12-20-18(5,6)13-17(2,3)4/h7-11,14,16,20H,12-13,19H2,1-6H3. The predicted molar refractivity (Wildman–Crippen MR) is 88.7 cm³/mol. The van der Waals surface area contributed by atoms with E-state index in [4.69, 9.17) is 5.73 Å². The van der Waals surface area contributed by atoms with Crippen molar-refractivity contribution in [1.82, 2.24) is 5.32 Å². The zero-order chi connectivity index (χ0) is 15.4. The third kappa shape index (κ3) is 6.06. The summed E-state index contributed by atoms with van der Waals surface area (Å²) >= 11 is 0. The first kappa shape index (κ1) is 17.2. The van der Waals surface area contributed by atoms with Gasteiger partial charge in [-0.2, -0.15) is 0 Å². The lowest BCUT2D eigenvalue weighted by atomic mass is 9.81. The van der Waals surface area contributed by atoms with Crippen molar-refractivity contribution in [2.75, 3.05) is 6.54 Å². The van der Waals surface area contributed by atoms with E-state index in [9.17, 15) is 0 Å². The van der Waals surface area contributed by atoms with Gasteiger partial charge in [-0.3, -0.25) is 0 Å². The molecule has 0 spiro atoms. The summed E-state index contributed by atoms with van der Waals surface area (Å²) in [6.45, 7) is 14.6. The van der Waals surface area contributed by atoms with Crippen LogP contribution in [0.15, 0.2) is 30.3 Å². The molecule has 0 aromatic heterocycles. The Kier molecular flexibility index (Phi) is 5.79. The third-order valence-electron chi connectivity index (χ3n) is 3.67. The smallest absolute Gasteiger partial charge is 0.0333 e. The molecule has 3 N–H and O–H groups in total. The highest BCUT2D eigenvalue weighted by molar-refractivity contribution is 5.19. The van der Waals surface area contributed by atoms with Gasteiger partial charge in [-0.05, 0) is 43.7 Å². The van der Waals surface area contributed by atoms with Crippen LogP contribution in [-0.4, -0.2) is 12.1 Å². The van der Waals surface area contributed by atoms with E-state index in [-0.39, 0.29) is 11.6 Å². The Hall–Kier alpha value is -0.860. The monoisotopic (exact) mass is 276 g/mol. The Labute approximate surface area is 125 Å². The predicted octanol–water partition coefficient (Wildman–Crippen LogP) is 4.13. The van der Waals surface area contributed by atoms with Crippen molar-refractivity contribution in [2.24, 2.45) is 17.1 Å². The van der Waals surface area contributed by atoms with E-state index in [1.807, 2.05) is 6.07 Å². The van der Waals surface area contributed by atoms with Crippen LogP contribution in [0, 0.1) is 11.3 Å². The van der Waals surface area contributed by atoms with Gasteiger partial charge in [-0.25, -0.2) is 0 Å². The lowest BCUT2D eigenvalue weighted by Gasteiger charge is -2.35. The molecule has 0 saturated carbocycles. The number of hydrogen-bond donors (Lipinski definition) is 2. The van der Waals surface area contributed by atoms with Crippen LogP contribution >= 0.6 is 0 Å². The molecule has 2 unspecified atom stereocenters. The van der Waals surface area contributed by atoms with E-state index in [2.05, 4.69) is 71.1 Å². The zero-order valence-electron chi connectivity index (χ0n) is 14.0. The number of nitrogens with two attached hydrogens (primary N) is 1. The summed E-state index contributed by atoms with van der Waals surface area (Å²) in [6.07, 6.45) is 1.15. The van der Waals surface area contributed by atoms with Crippen molar-refractivity contribution in [3.63, 3.8) is 0 Å². The molecule has 0 bridgehead atoms. The van der Waals surface area contributed by atoms with E-state index in [1.54, 1.807) is 0 Å². The van der Waals surface area contributed by atoms with Gasteiger partial charge in [0.05, 0.1) is 0 Å². The molecule has 0 radical (unpaired) electrons. The third-order valence-corrected chi connectivity index (χ3v) is 3.67. The molecule has 0 aliphatic carbocycles. The first-order chi connectivity index (χ1) is 9.11. The molecule has 2 heteroatoms. The van der Waals surface area contributed by atoms with Crippen molar-refractivity contribution in [3.8, 4) is 0 Å². The van der Waals surface area contributed by atoms with Crippen molar-refractivity contribution < 1.29 is 0 Å². The summed E-state index contributed by atoms with van der Waals surface area (Å²) in [7, 11) is 0. The van der Waals surface area contributed by atoms with Crippen LogP contribution in [-0.2, 0) is 0 Å². The van der Waals surface area contributed by atoms with Crippen LogP contribution in [0.25, 0.3) is 0 Å². The van der Waals surface area contributed by atoms with Gasteiger partial charge in [-0.1, -0.05) is 58.0 Å². The van der Waals surface area contributed by atoms with E-state index >= 15 is 0 Å². The Morgan fingerprint density at radius 3 is 2.10 bits per heavy atom. The van der Waals surface area contributed by atoms with Gasteiger partial charge in [0, 0.05) is 11.6 Å². The summed E-state index contributed by atoms with van der Waals surface area (Å²) in [4.78, 5) is 0. The van der Waals surface area contributed by atoms with Gasteiger partial charge in [-0.15, -0.1) is 0 Å². The molecule has 0 saturated heterocycles. The van der Waals surface area contributed by atoms with E-state index < -0.39 is 0 Å². The summed E-state index contributed by atoms with van der Waals surface area (Å²) in [5, 5.41) is 3.69. The van der Waals surface area contributed by atoms with Gasteiger partial charge >= 0.3 is 0 Å². The Morgan fingerprint density at radius 2 is 1.60 bits per heavy atom. The van der Waals surface area contributed by atoms with Crippen LogP contribution in [0.3, 0.4) is 0 Å². The molecule has 1 rings (SSSR count). The second-order valence-electron chi connectivity index (χ2n) is 7.92. The zero-order valence-corrected chi connectivity index (χ0v) is 14.0. The largest absolute Gasteiger partial charge is 0.324 e. The fraction of sp³-hybridized carbons (Fsp3) is 0.667. The molecule has 0 amide bonds. The topological polar surface area (TPSA) is 38.0 Å². The van der Waals surface area contributed by atoms with Crippen LogP contribution in [0.5, 0.6) is 0 Å². The first-order valence-electron chi connectivity index (χ1n) is 7.66. The Morgan fingerprint density at radius 1 is 1.05 bits per heavy atom. The number of hydrogen-bond acceptors (Lipinski definition) is 2. The lowest BCUT2D eigenvalue weighted by Crippen LogP contribution is -2.45. The fourth-order valence-electron chi connectivity index (χ4n) is 2.96. The van der Waals surface area contributed by atoms with Crippen LogP contribution in [0.1, 0.15) is 59.6 Å². The molecule has 20 heavy (non-hydrogen) atoms. The summed E-state index contributed by atoms with van der Waals surface area (Å²) in [6, 6.07) is 10.5. The van der Waals surface area contributed by atoms with E-state index in [0.717, 1.165) is 13.0 Å². The maximum absolute atomic E-state index is 6.36. The molecule has 0 aliphatic rings. The van der Waals surface area contributed by atoms with Gasteiger partial charge in [0.1, 0.15) is 0 Å². The maximum Gasteiger partial charge on any atom is 0.0333 e. The van der Waals surface area contributed by atoms with Crippen LogP contribution in [0.2, 0.25) is 0 Å². The van der Waals surface area contributed by atoms with E-state index in [1.165, 1.54) is 5.56 Å². The minimum absolute atomic E-state index is 0.0918. The van der Waals surface area contributed by atoms with Crippen LogP contribution < -0.4 is 11.1 Å². The second-order valence-corrected chi connectivity index (χ2v) is 7.92. The fourth-order valence-corrected chi connectivity index (χ4v) is 2.96. The molecule has 1 aromatic carbocycles. The summed E-state index contributed by atoms with van der Waals surface area (Å²) in [5.74, 6) is 0.414. The molecule has 0 heterocycles. The van der Waals surface area contributed by atoms with Gasteiger partial charge in [0.2, 0.25) is 0 Å². The molecule has 1 aromatic rings. The molecule has 0 aliphatic heterocycles. The minimum Gasteiger partial charge on any atom is -0.324 e. The molecule has 114 valence electrons. The van der Waals surface area contributed by atoms with Gasteiger partial charge in [0.25, 0.3) is 0 Å². The normalized spacial score (nSPS) is 15.9. The Balaban J connectivity index is 2.52. The molecule has 2 atom stereocenters. The SMILES string of the molecule is CC(CNC(C)(C)CC(C)(C)C)C(N)c1ccccc1. The summed E-state index contributed by atoms with van der Waals surface area (Å²) < 4.78 is 0. The average Bonchev–Trinajstić information content (AvgIpc) is 2.33. The summed E-state index contributed by atoms with van der Waals surface area (Å²) in [5.41, 5.74) is 8.05. The minimum atomic E-state index is 0.0918. The Bertz CT molecular complexity index is 390. The second kappa shape index (κ2) is 6.73. The average molecular weight is 276 g/mol. The highest BCUT2D eigenvalue weighted by Gasteiger charge is 2.26. The van der Waals surface area contributed by atoms with Crippen molar-refractivity contribution in [3.05, 3.63) is 35.9 Å². The van der Waals surface area contributed by atoms with E-state index in [0.29, 0.717) is 11.3 Å². The van der Waals surface area contributed by atoms with Gasteiger partial charge in [0.15, 0.2) is 0 Å².